The standard InChI is InChI=1S/C17H27N3O4/c1-13(21)18-8-10-20(11-9-18)16(22)14-4-6-19(7-5-14)17(23)15-3-2-12-24-15/h14-15H,2-12H2,1H3. The summed E-state index contributed by atoms with van der Waals surface area (Å²) in [6, 6.07) is 0. The Bertz CT molecular complexity index is 488. The number of hydrogen-bond acceptors (Lipinski definition) is 4. The molecule has 0 bridgehead atoms. The third kappa shape index (κ3) is 3.71. The van der Waals surface area contributed by atoms with Crippen LogP contribution in [0.5, 0.6) is 0 Å². The number of ether oxygens (including phenoxy) is 1. The predicted molar refractivity (Wildman–Crippen MR) is 87.1 cm³/mol. The molecule has 7 heteroatoms. The highest BCUT2D eigenvalue weighted by atomic mass is 16.5. The van der Waals surface area contributed by atoms with Crippen molar-refractivity contribution in [3.8, 4) is 0 Å². The smallest absolute Gasteiger partial charge is 0.251 e. The Labute approximate surface area is 142 Å². The predicted octanol–water partition coefficient (Wildman–Crippen LogP) is 0.0947. The van der Waals surface area contributed by atoms with Gasteiger partial charge in [-0.2, -0.15) is 0 Å². The lowest BCUT2D eigenvalue weighted by Crippen LogP contribution is -2.53. The number of carbonyl (C=O) groups is 3. The molecule has 3 aliphatic heterocycles. The highest BCUT2D eigenvalue weighted by Crippen LogP contribution is 2.23. The van der Waals surface area contributed by atoms with Gasteiger partial charge in [-0.25, -0.2) is 0 Å². The average molecular weight is 337 g/mol. The summed E-state index contributed by atoms with van der Waals surface area (Å²) in [6.07, 6.45) is 2.96. The van der Waals surface area contributed by atoms with Crippen molar-refractivity contribution in [2.75, 3.05) is 45.9 Å². The molecule has 7 nitrogen and oxygen atoms in total. The van der Waals surface area contributed by atoms with Gasteiger partial charge in [0.15, 0.2) is 0 Å². The molecule has 3 fully saturated rings. The lowest BCUT2D eigenvalue weighted by atomic mass is 9.94. The van der Waals surface area contributed by atoms with Crippen LogP contribution < -0.4 is 0 Å². The summed E-state index contributed by atoms with van der Waals surface area (Å²) in [4.78, 5) is 41.9. The second-order valence-electron chi connectivity index (χ2n) is 6.93. The third-order valence-electron chi connectivity index (χ3n) is 5.40. The van der Waals surface area contributed by atoms with Gasteiger partial charge in [-0.05, 0) is 25.7 Å². The second kappa shape index (κ2) is 7.51. The summed E-state index contributed by atoms with van der Waals surface area (Å²) < 4.78 is 5.47. The molecular weight excluding hydrogens is 310 g/mol. The van der Waals surface area contributed by atoms with Crippen LogP contribution in [0.25, 0.3) is 0 Å². The fourth-order valence-corrected chi connectivity index (χ4v) is 3.82. The van der Waals surface area contributed by atoms with Crippen LogP contribution in [0.3, 0.4) is 0 Å². The summed E-state index contributed by atoms with van der Waals surface area (Å²) in [7, 11) is 0. The number of piperidine rings is 1. The minimum absolute atomic E-state index is 0.00224. The van der Waals surface area contributed by atoms with E-state index >= 15 is 0 Å². The second-order valence-corrected chi connectivity index (χ2v) is 6.93. The van der Waals surface area contributed by atoms with Crippen LogP contribution in [0.1, 0.15) is 32.6 Å². The van der Waals surface area contributed by atoms with Gasteiger partial charge in [0.1, 0.15) is 6.10 Å². The number of nitrogens with zero attached hydrogens (tertiary/aromatic N) is 3. The number of rotatable bonds is 2. The fraction of sp³-hybridized carbons (Fsp3) is 0.824. The first-order valence-electron chi connectivity index (χ1n) is 9.01. The summed E-state index contributed by atoms with van der Waals surface area (Å²) in [5, 5.41) is 0. The van der Waals surface area contributed by atoms with Crippen molar-refractivity contribution in [1.82, 2.24) is 14.7 Å². The topological polar surface area (TPSA) is 70.2 Å². The van der Waals surface area contributed by atoms with Crippen LogP contribution in [-0.4, -0.2) is 84.4 Å². The summed E-state index contributed by atoms with van der Waals surface area (Å²) in [5.74, 6) is 0.348. The van der Waals surface area contributed by atoms with E-state index in [1.807, 2.05) is 9.80 Å². The zero-order valence-corrected chi connectivity index (χ0v) is 14.4. The Morgan fingerprint density at radius 3 is 1.92 bits per heavy atom. The van der Waals surface area contributed by atoms with Gasteiger partial charge >= 0.3 is 0 Å². The maximum atomic E-state index is 12.7. The van der Waals surface area contributed by atoms with Gasteiger partial charge in [-0.15, -0.1) is 0 Å². The quantitative estimate of drug-likeness (QED) is 0.716. The maximum absolute atomic E-state index is 12.7. The maximum Gasteiger partial charge on any atom is 0.251 e. The van der Waals surface area contributed by atoms with Crippen molar-refractivity contribution in [3.63, 3.8) is 0 Å². The minimum Gasteiger partial charge on any atom is -0.368 e. The van der Waals surface area contributed by atoms with E-state index in [0.29, 0.717) is 45.9 Å². The molecule has 0 aromatic heterocycles. The molecule has 1 atom stereocenters. The normalized spacial score (nSPS) is 25.9. The van der Waals surface area contributed by atoms with Gasteiger partial charge in [-0.3, -0.25) is 14.4 Å². The summed E-state index contributed by atoms with van der Waals surface area (Å²) >= 11 is 0. The lowest BCUT2D eigenvalue weighted by molar-refractivity contribution is -0.147. The molecule has 0 aliphatic carbocycles. The molecule has 0 spiro atoms. The molecule has 3 rings (SSSR count). The number of piperazine rings is 1. The zero-order valence-electron chi connectivity index (χ0n) is 14.4. The first kappa shape index (κ1) is 17.2. The van der Waals surface area contributed by atoms with Crippen molar-refractivity contribution < 1.29 is 19.1 Å². The minimum atomic E-state index is -0.267. The number of amides is 3. The monoisotopic (exact) mass is 337 g/mol. The molecule has 0 N–H and O–H groups in total. The van der Waals surface area contributed by atoms with Crippen molar-refractivity contribution in [3.05, 3.63) is 0 Å². The first-order chi connectivity index (χ1) is 11.6. The SMILES string of the molecule is CC(=O)N1CCN(C(=O)C2CCN(C(=O)C3CCCO3)CC2)CC1. The molecule has 24 heavy (non-hydrogen) atoms. The Morgan fingerprint density at radius 1 is 0.792 bits per heavy atom. The Morgan fingerprint density at radius 2 is 1.38 bits per heavy atom. The van der Waals surface area contributed by atoms with E-state index in [4.69, 9.17) is 4.74 Å². The molecule has 3 amide bonds. The van der Waals surface area contributed by atoms with Gasteiger partial charge in [0.2, 0.25) is 11.8 Å². The van der Waals surface area contributed by atoms with E-state index in [0.717, 1.165) is 25.7 Å². The molecule has 0 aromatic carbocycles. The summed E-state index contributed by atoms with van der Waals surface area (Å²) in [6.45, 7) is 6.01. The van der Waals surface area contributed by atoms with E-state index < -0.39 is 0 Å². The Kier molecular flexibility index (Phi) is 5.38. The van der Waals surface area contributed by atoms with Gasteiger partial charge in [-0.1, -0.05) is 0 Å². The molecule has 0 aromatic rings. The van der Waals surface area contributed by atoms with E-state index in [1.165, 1.54) is 0 Å². The van der Waals surface area contributed by atoms with E-state index in [9.17, 15) is 14.4 Å². The lowest BCUT2D eigenvalue weighted by Gasteiger charge is -2.38. The van der Waals surface area contributed by atoms with Crippen LogP contribution in [0.2, 0.25) is 0 Å². The zero-order chi connectivity index (χ0) is 17.1. The van der Waals surface area contributed by atoms with Gasteiger partial charge in [0.05, 0.1) is 0 Å². The summed E-state index contributed by atoms with van der Waals surface area (Å²) in [5.41, 5.74) is 0. The molecule has 1 unspecified atom stereocenters. The van der Waals surface area contributed by atoms with Crippen molar-refractivity contribution in [2.24, 2.45) is 5.92 Å². The van der Waals surface area contributed by atoms with E-state index in [2.05, 4.69) is 0 Å². The van der Waals surface area contributed by atoms with E-state index in [-0.39, 0.29) is 29.7 Å². The number of carbonyl (C=O) groups excluding carboxylic acids is 3. The van der Waals surface area contributed by atoms with Gasteiger partial charge in [0, 0.05) is 58.7 Å². The van der Waals surface area contributed by atoms with Gasteiger partial charge in [0.25, 0.3) is 5.91 Å². The van der Waals surface area contributed by atoms with Crippen molar-refractivity contribution in [1.29, 1.82) is 0 Å². The van der Waals surface area contributed by atoms with Crippen LogP contribution in [-0.2, 0) is 19.1 Å². The van der Waals surface area contributed by atoms with E-state index in [1.54, 1.807) is 11.8 Å². The van der Waals surface area contributed by atoms with Crippen molar-refractivity contribution in [2.45, 2.75) is 38.7 Å². The largest absolute Gasteiger partial charge is 0.368 e. The number of hydrogen-bond donors (Lipinski definition) is 0. The Hall–Kier alpha value is -1.63. The van der Waals surface area contributed by atoms with Crippen LogP contribution in [0.15, 0.2) is 0 Å². The van der Waals surface area contributed by atoms with Crippen LogP contribution in [0, 0.1) is 5.92 Å². The first-order valence-corrected chi connectivity index (χ1v) is 9.01. The fourth-order valence-electron chi connectivity index (χ4n) is 3.82. The van der Waals surface area contributed by atoms with Gasteiger partial charge < -0.3 is 19.4 Å². The van der Waals surface area contributed by atoms with Crippen molar-refractivity contribution >= 4 is 17.7 Å². The molecule has 3 saturated heterocycles. The number of likely N-dealkylation sites (tertiary alicyclic amines) is 1. The molecule has 0 radical (unpaired) electrons. The average Bonchev–Trinajstić information content (AvgIpc) is 3.15. The molecule has 134 valence electrons. The molecular formula is C17H27N3O4. The molecule has 3 heterocycles. The molecule has 3 aliphatic rings. The van der Waals surface area contributed by atoms with Crippen LogP contribution >= 0.6 is 0 Å². The highest BCUT2D eigenvalue weighted by Gasteiger charge is 2.34. The Balaban J connectivity index is 1.45. The third-order valence-corrected chi connectivity index (χ3v) is 5.40. The highest BCUT2D eigenvalue weighted by molar-refractivity contribution is 5.82. The molecule has 0 saturated carbocycles. The van der Waals surface area contributed by atoms with Crippen LogP contribution in [0.4, 0.5) is 0 Å².